The first-order valence-corrected chi connectivity index (χ1v) is 4.26. The number of amides is 1. The van der Waals surface area contributed by atoms with Crippen LogP contribution in [-0.4, -0.2) is 21.8 Å². The molecule has 9 N–H and O–H groups in total. The van der Waals surface area contributed by atoms with E-state index in [2.05, 4.69) is 20.4 Å². The molecule has 10 heteroatoms. The quantitative estimate of drug-likeness (QED) is 0.168. The molecule has 9 nitrogen and oxygen atoms in total. The minimum absolute atomic E-state index is 0.0730. The maximum absolute atomic E-state index is 11.5. The largest absolute Gasteiger partial charge is 0.382 e. The number of nitrogen functional groups attached to an aromatic ring is 2. The van der Waals surface area contributed by atoms with Gasteiger partial charge in [-0.15, -0.1) is 5.10 Å². The van der Waals surface area contributed by atoms with Gasteiger partial charge in [0.2, 0.25) is 5.96 Å². The van der Waals surface area contributed by atoms with Gasteiger partial charge in [0.1, 0.15) is 0 Å². The van der Waals surface area contributed by atoms with Crippen LogP contribution in [0.2, 0.25) is 5.15 Å². The maximum Gasteiger partial charge on any atom is 0.280 e. The molecule has 0 saturated heterocycles. The van der Waals surface area contributed by atoms with Crippen LogP contribution < -0.4 is 28.4 Å². The Morgan fingerprint density at radius 3 is 2.50 bits per heavy atom. The lowest BCUT2D eigenvalue weighted by Crippen LogP contribution is -2.38. The van der Waals surface area contributed by atoms with Crippen molar-refractivity contribution in [2.45, 2.75) is 0 Å². The number of nitrogens with one attached hydrogen (secondary N) is 1. The molecule has 0 unspecified atom stereocenters. The number of hydrazone groups is 1. The number of guanidine groups is 1. The number of halogens is 1. The SMILES string of the molecule is NN=C(N)NC(=O)c1nc(Cl)c(N)nc1N. The minimum atomic E-state index is -0.737. The van der Waals surface area contributed by atoms with Gasteiger partial charge in [0.15, 0.2) is 22.5 Å². The summed E-state index contributed by atoms with van der Waals surface area (Å²) in [6, 6.07) is 0. The summed E-state index contributed by atoms with van der Waals surface area (Å²) in [5, 5.41) is 5.02. The minimum Gasteiger partial charge on any atom is -0.382 e. The fourth-order valence-electron chi connectivity index (χ4n) is 0.816. The molecule has 0 aliphatic heterocycles. The van der Waals surface area contributed by atoms with E-state index in [9.17, 15) is 4.79 Å². The lowest BCUT2D eigenvalue weighted by atomic mass is 10.4. The number of anilines is 2. The first-order valence-electron chi connectivity index (χ1n) is 3.89. The van der Waals surface area contributed by atoms with Crippen molar-refractivity contribution in [3.8, 4) is 0 Å². The summed E-state index contributed by atoms with van der Waals surface area (Å²) in [4.78, 5) is 18.8. The number of rotatable bonds is 1. The number of hydrogen-bond donors (Lipinski definition) is 5. The van der Waals surface area contributed by atoms with Crippen LogP contribution in [0.15, 0.2) is 5.10 Å². The van der Waals surface area contributed by atoms with Gasteiger partial charge in [0, 0.05) is 0 Å². The Bertz CT molecular complexity index is 458. The maximum atomic E-state index is 11.5. The molecule has 1 aromatic rings. The summed E-state index contributed by atoms with van der Waals surface area (Å²) in [6.45, 7) is 0. The van der Waals surface area contributed by atoms with Crippen LogP contribution in [0.5, 0.6) is 0 Å². The standard InChI is InChI=1S/C6H9ClN8O/c7-2-4(9)13-3(8)1(12-2)5(16)14-6(10)15-11/h11H2,(H4,8,9,13)(H3,10,14,15,16). The van der Waals surface area contributed by atoms with Crippen LogP contribution >= 0.6 is 11.6 Å². The highest BCUT2D eigenvalue weighted by Gasteiger charge is 2.16. The Morgan fingerprint density at radius 2 is 1.94 bits per heavy atom. The van der Waals surface area contributed by atoms with Crippen molar-refractivity contribution in [3.63, 3.8) is 0 Å². The van der Waals surface area contributed by atoms with Gasteiger partial charge in [-0.25, -0.2) is 9.97 Å². The number of nitrogens with two attached hydrogens (primary N) is 4. The van der Waals surface area contributed by atoms with Crippen LogP contribution in [0.3, 0.4) is 0 Å². The Balaban J connectivity index is 3.05. The zero-order chi connectivity index (χ0) is 12.3. The zero-order valence-electron chi connectivity index (χ0n) is 7.94. The van der Waals surface area contributed by atoms with E-state index in [4.69, 9.17) is 34.6 Å². The fourth-order valence-corrected chi connectivity index (χ4v) is 0.943. The van der Waals surface area contributed by atoms with Gasteiger partial charge in [-0.2, -0.15) is 0 Å². The molecule has 0 spiro atoms. The summed E-state index contributed by atoms with van der Waals surface area (Å²) < 4.78 is 0. The second-order valence-electron chi connectivity index (χ2n) is 2.60. The number of carbonyl (C=O) groups is 1. The Labute approximate surface area is 94.8 Å². The number of hydrogen-bond acceptors (Lipinski definition) is 7. The molecule has 0 bridgehead atoms. The lowest BCUT2D eigenvalue weighted by molar-refractivity contribution is 0.0972. The number of nitrogens with zero attached hydrogens (tertiary/aromatic N) is 3. The molecule has 86 valence electrons. The third-order valence-electron chi connectivity index (χ3n) is 1.50. The average molecular weight is 245 g/mol. The summed E-state index contributed by atoms with van der Waals surface area (Å²) in [5.74, 6) is 3.55. The molecule has 0 fully saturated rings. The highest BCUT2D eigenvalue weighted by Crippen LogP contribution is 2.16. The summed E-state index contributed by atoms with van der Waals surface area (Å²) in [5.41, 5.74) is 15.7. The predicted molar refractivity (Wildman–Crippen MR) is 59.1 cm³/mol. The molecule has 0 aromatic carbocycles. The van der Waals surface area contributed by atoms with Gasteiger partial charge in [-0.1, -0.05) is 11.6 Å². The molecular weight excluding hydrogens is 236 g/mol. The van der Waals surface area contributed by atoms with Crippen molar-refractivity contribution in [1.82, 2.24) is 15.3 Å². The molecule has 0 aliphatic carbocycles. The van der Waals surface area contributed by atoms with Gasteiger partial charge in [-0.05, 0) is 0 Å². The highest BCUT2D eigenvalue weighted by atomic mass is 35.5. The Morgan fingerprint density at radius 1 is 1.31 bits per heavy atom. The van der Waals surface area contributed by atoms with Crippen molar-refractivity contribution in [2.75, 3.05) is 11.5 Å². The van der Waals surface area contributed by atoms with E-state index in [0.717, 1.165) is 0 Å². The van der Waals surface area contributed by atoms with Crippen LogP contribution in [-0.2, 0) is 0 Å². The normalized spacial score (nSPS) is 11.2. The highest BCUT2D eigenvalue weighted by molar-refractivity contribution is 6.31. The molecule has 1 heterocycles. The zero-order valence-corrected chi connectivity index (χ0v) is 8.69. The molecular formula is C6H9ClN8O. The van der Waals surface area contributed by atoms with E-state index in [1.807, 2.05) is 0 Å². The molecule has 0 saturated carbocycles. The van der Waals surface area contributed by atoms with E-state index >= 15 is 0 Å². The van der Waals surface area contributed by atoms with E-state index in [-0.39, 0.29) is 28.4 Å². The van der Waals surface area contributed by atoms with E-state index < -0.39 is 5.91 Å². The van der Waals surface area contributed by atoms with Crippen LogP contribution in [0.4, 0.5) is 11.6 Å². The van der Waals surface area contributed by atoms with Gasteiger partial charge in [0.05, 0.1) is 0 Å². The van der Waals surface area contributed by atoms with Crippen molar-refractivity contribution < 1.29 is 4.79 Å². The topological polar surface area (TPSA) is 171 Å². The van der Waals surface area contributed by atoms with E-state index in [1.54, 1.807) is 0 Å². The third kappa shape index (κ3) is 2.39. The van der Waals surface area contributed by atoms with Crippen LogP contribution in [0.1, 0.15) is 10.5 Å². The number of aromatic nitrogens is 2. The third-order valence-corrected chi connectivity index (χ3v) is 1.78. The van der Waals surface area contributed by atoms with Crippen LogP contribution in [0.25, 0.3) is 0 Å². The molecule has 1 amide bonds. The Hall–Kier alpha value is -2.29. The van der Waals surface area contributed by atoms with E-state index in [1.165, 1.54) is 0 Å². The lowest BCUT2D eigenvalue weighted by Gasteiger charge is -2.06. The van der Waals surface area contributed by atoms with Crippen molar-refractivity contribution in [2.24, 2.45) is 16.7 Å². The molecule has 0 aliphatic rings. The monoisotopic (exact) mass is 244 g/mol. The van der Waals surface area contributed by atoms with Gasteiger partial charge < -0.3 is 23.0 Å². The molecule has 0 atom stereocenters. The second kappa shape index (κ2) is 4.49. The Kier molecular flexibility index (Phi) is 3.30. The number of carbonyl (C=O) groups excluding carboxylic acids is 1. The molecule has 1 rings (SSSR count). The van der Waals surface area contributed by atoms with Crippen LogP contribution in [0, 0.1) is 0 Å². The smallest absolute Gasteiger partial charge is 0.280 e. The molecule has 1 aromatic heterocycles. The summed E-state index contributed by atoms with van der Waals surface area (Å²) in [6.07, 6.45) is 0. The molecule has 16 heavy (non-hydrogen) atoms. The summed E-state index contributed by atoms with van der Waals surface area (Å²) >= 11 is 5.58. The first kappa shape index (κ1) is 11.8. The molecule has 0 radical (unpaired) electrons. The second-order valence-corrected chi connectivity index (χ2v) is 2.96. The van der Waals surface area contributed by atoms with Crippen molar-refractivity contribution in [1.29, 1.82) is 0 Å². The summed E-state index contributed by atoms with van der Waals surface area (Å²) in [7, 11) is 0. The average Bonchev–Trinajstić information content (AvgIpc) is 2.23. The van der Waals surface area contributed by atoms with Gasteiger partial charge >= 0.3 is 0 Å². The predicted octanol–water partition coefficient (Wildman–Crippen LogP) is -1.79. The van der Waals surface area contributed by atoms with Crippen molar-refractivity contribution >= 4 is 35.1 Å². The van der Waals surface area contributed by atoms with Gasteiger partial charge in [0.25, 0.3) is 5.91 Å². The van der Waals surface area contributed by atoms with E-state index in [0.29, 0.717) is 0 Å². The fraction of sp³-hybridized carbons (Fsp3) is 0. The van der Waals surface area contributed by atoms with Crippen molar-refractivity contribution in [3.05, 3.63) is 10.8 Å². The van der Waals surface area contributed by atoms with Gasteiger partial charge in [-0.3, -0.25) is 10.1 Å². The first-order chi connectivity index (χ1) is 7.45.